The van der Waals surface area contributed by atoms with Crippen LogP contribution in [-0.4, -0.2) is 50.0 Å². The molecule has 0 bridgehead atoms. The van der Waals surface area contributed by atoms with E-state index in [9.17, 15) is 14.7 Å². The molecule has 0 unspecified atom stereocenters. The first-order valence-corrected chi connectivity index (χ1v) is 8.61. The molecule has 2 heterocycles. The molecule has 8 heteroatoms. The van der Waals surface area contributed by atoms with Crippen LogP contribution >= 0.6 is 11.6 Å². The number of rotatable bonds is 4. The number of nitrogens with zero attached hydrogens (tertiary/aromatic N) is 4. The molecule has 1 aliphatic rings. The van der Waals surface area contributed by atoms with Gasteiger partial charge < -0.3 is 10.0 Å². The van der Waals surface area contributed by atoms with E-state index >= 15 is 0 Å². The standard InChI is InChI=1S/C17H19ClN4O3/c1-2-14-15(16(23)21-8-4-5-11(10-21)17(24)25)19-20-22(14)13-7-3-6-12(18)9-13/h3,6-7,9,11H,2,4-5,8,10H2,1H3,(H,24,25)/t11-/m0/s1. The quantitative estimate of drug-likeness (QED) is 0.902. The Morgan fingerprint density at radius 3 is 2.88 bits per heavy atom. The van der Waals surface area contributed by atoms with Gasteiger partial charge in [-0.15, -0.1) is 5.10 Å². The summed E-state index contributed by atoms with van der Waals surface area (Å²) in [4.78, 5) is 25.6. The Bertz CT molecular complexity index is 805. The van der Waals surface area contributed by atoms with Crippen molar-refractivity contribution >= 4 is 23.5 Å². The molecular weight excluding hydrogens is 344 g/mol. The van der Waals surface area contributed by atoms with Crippen molar-refractivity contribution in [3.63, 3.8) is 0 Å². The molecule has 1 N–H and O–H groups in total. The van der Waals surface area contributed by atoms with E-state index < -0.39 is 11.9 Å². The summed E-state index contributed by atoms with van der Waals surface area (Å²) in [6, 6.07) is 7.17. The second kappa shape index (κ2) is 7.23. The van der Waals surface area contributed by atoms with Gasteiger partial charge in [0.15, 0.2) is 5.69 Å². The zero-order valence-corrected chi connectivity index (χ0v) is 14.6. The summed E-state index contributed by atoms with van der Waals surface area (Å²) in [5.41, 5.74) is 1.69. The number of halogens is 1. The number of aromatic nitrogens is 3. The van der Waals surface area contributed by atoms with Gasteiger partial charge in [0.1, 0.15) is 0 Å². The molecule has 1 aliphatic heterocycles. The summed E-state index contributed by atoms with van der Waals surface area (Å²) < 4.78 is 1.61. The monoisotopic (exact) mass is 362 g/mol. The number of aliphatic carboxylic acids is 1. The van der Waals surface area contributed by atoms with Crippen molar-refractivity contribution in [1.82, 2.24) is 19.9 Å². The van der Waals surface area contributed by atoms with Gasteiger partial charge in [-0.1, -0.05) is 29.8 Å². The first-order chi connectivity index (χ1) is 12.0. The molecule has 0 radical (unpaired) electrons. The van der Waals surface area contributed by atoms with Gasteiger partial charge in [0, 0.05) is 18.1 Å². The lowest BCUT2D eigenvalue weighted by Crippen LogP contribution is -2.42. The Balaban J connectivity index is 1.90. The third kappa shape index (κ3) is 3.51. The van der Waals surface area contributed by atoms with E-state index in [0.717, 1.165) is 5.69 Å². The van der Waals surface area contributed by atoms with Crippen LogP contribution < -0.4 is 0 Å². The van der Waals surface area contributed by atoms with Crippen molar-refractivity contribution in [2.24, 2.45) is 5.92 Å². The second-order valence-electron chi connectivity index (χ2n) is 6.06. The number of carbonyl (C=O) groups excluding carboxylic acids is 1. The minimum Gasteiger partial charge on any atom is -0.481 e. The van der Waals surface area contributed by atoms with E-state index in [4.69, 9.17) is 11.6 Å². The van der Waals surface area contributed by atoms with Crippen LogP contribution in [0, 0.1) is 5.92 Å². The van der Waals surface area contributed by atoms with E-state index in [1.165, 1.54) is 0 Å². The van der Waals surface area contributed by atoms with E-state index in [1.807, 2.05) is 19.1 Å². The number of carbonyl (C=O) groups is 2. The molecular formula is C17H19ClN4O3. The maximum Gasteiger partial charge on any atom is 0.308 e. The first kappa shape index (κ1) is 17.4. The summed E-state index contributed by atoms with van der Waals surface area (Å²) in [7, 11) is 0. The number of likely N-dealkylation sites (tertiary alicyclic amines) is 1. The van der Waals surface area contributed by atoms with Crippen molar-refractivity contribution in [1.29, 1.82) is 0 Å². The van der Waals surface area contributed by atoms with Gasteiger partial charge in [0.25, 0.3) is 5.91 Å². The number of hydrogen-bond donors (Lipinski definition) is 1. The van der Waals surface area contributed by atoms with Crippen molar-refractivity contribution in [3.8, 4) is 5.69 Å². The van der Waals surface area contributed by atoms with Gasteiger partial charge in [0.05, 0.1) is 17.3 Å². The third-order valence-corrected chi connectivity index (χ3v) is 4.65. The van der Waals surface area contributed by atoms with Gasteiger partial charge in [-0.2, -0.15) is 0 Å². The Morgan fingerprint density at radius 1 is 1.40 bits per heavy atom. The van der Waals surface area contributed by atoms with E-state index in [0.29, 0.717) is 36.5 Å². The van der Waals surface area contributed by atoms with Crippen LogP contribution in [0.15, 0.2) is 24.3 Å². The topological polar surface area (TPSA) is 88.3 Å². The van der Waals surface area contributed by atoms with Gasteiger partial charge in [0.2, 0.25) is 0 Å². The number of carboxylic acid groups (broad SMARTS) is 1. The van der Waals surface area contributed by atoms with E-state index in [2.05, 4.69) is 10.3 Å². The Morgan fingerprint density at radius 2 is 2.20 bits per heavy atom. The molecule has 132 valence electrons. The maximum absolute atomic E-state index is 12.9. The lowest BCUT2D eigenvalue weighted by molar-refractivity contribution is -0.143. The summed E-state index contributed by atoms with van der Waals surface area (Å²) >= 11 is 6.03. The van der Waals surface area contributed by atoms with Crippen LogP contribution in [0.3, 0.4) is 0 Å². The largest absolute Gasteiger partial charge is 0.481 e. The number of piperidine rings is 1. The van der Waals surface area contributed by atoms with Crippen LogP contribution in [0.4, 0.5) is 0 Å². The van der Waals surface area contributed by atoms with Crippen molar-refractivity contribution in [2.45, 2.75) is 26.2 Å². The molecule has 0 saturated carbocycles. The fourth-order valence-corrected chi connectivity index (χ4v) is 3.30. The highest BCUT2D eigenvalue weighted by Crippen LogP contribution is 2.22. The predicted octanol–water partition coefficient (Wildman–Crippen LogP) is 2.42. The molecule has 0 aliphatic carbocycles. The predicted molar refractivity (Wildman–Crippen MR) is 92.0 cm³/mol. The average molecular weight is 363 g/mol. The number of amides is 1. The fraction of sp³-hybridized carbons (Fsp3) is 0.412. The molecule has 1 saturated heterocycles. The van der Waals surface area contributed by atoms with Crippen molar-refractivity contribution < 1.29 is 14.7 Å². The molecule has 0 spiro atoms. The summed E-state index contributed by atoms with van der Waals surface area (Å²) in [6.07, 6.45) is 1.83. The average Bonchev–Trinajstić information content (AvgIpc) is 3.05. The zero-order chi connectivity index (χ0) is 18.0. The van der Waals surface area contributed by atoms with E-state index in [-0.39, 0.29) is 18.1 Å². The van der Waals surface area contributed by atoms with E-state index in [1.54, 1.807) is 21.7 Å². The smallest absolute Gasteiger partial charge is 0.308 e. The zero-order valence-electron chi connectivity index (χ0n) is 13.9. The molecule has 7 nitrogen and oxygen atoms in total. The van der Waals surface area contributed by atoms with Crippen molar-refractivity contribution in [2.75, 3.05) is 13.1 Å². The molecule has 1 fully saturated rings. The molecule has 25 heavy (non-hydrogen) atoms. The third-order valence-electron chi connectivity index (χ3n) is 4.41. The molecule has 1 aromatic carbocycles. The van der Waals surface area contributed by atoms with Gasteiger partial charge in [-0.05, 0) is 37.5 Å². The first-order valence-electron chi connectivity index (χ1n) is 8.23. The van der Waals surface area contributed by atoms with Crippen LogP contribution in [0.1, 0.15) is 35.9 Å². The Hall–Kier alpha value is -2.41. The summed E-state index contributed by atoms with van der Waals surface area (Å²) in [5.74, 6) is -1.65. The molecule has 3 rings (SSSR count). The molecule has 1 amide bonds. The number of hydrogen-bond acceptors (Lipinski definition) is 4. The fourth-order valence-electron chi connectivity index (χ4n) is 3.11. The number of benzene rings is 1. The normalized spacial score (nSPS) is 17.5. The minimum absolute atomic E-state index is 0.210. The SMILES string of the molecule is CCc1c(C(=O)N2CCC[C@H](C(=O)O)C2)nnn1-c1cccc(Cl)c1. The summed E-state index contributed by atoms with van der Waals surface area (Å²) in [6.45, 7) is 2.67. The molecule has 2 aromatic rings. The van der Waals surface area contributed by atoms with Crippen molar-refractivity contribution in [3.05, 3.63) is 40.7 Å². The van der Waals surface area contributed by atoms with Crippen LogP contribution in [0.25, 0.3) is 5.69 Å². The van der Waals surface area contributed by atoms with Crippen LogP contribution in [0.5, 0.6) is 0 Å². The molecule has 1 atom stereocenters. The highest BCUT2D eigenvalue weighted by Gasteiger charge is 2.31. The lowest BCUT2D eigenvalue weighted by Gasteiger charge is -2.30. The summed E-state index contributed by atoms with van der Waals surface area (Å²) in [5, 5.41) is 18.0. The van der Waals surface area contributed by atoms with Crippen LogP contribution in [-0.2, 0) is 11.2 Å². The van der Waals surface area contributed by atoms with Gasteiger partial charge in [-0.3, -0.25) is 9.59 Å². The maximum atomic E-state index is 12.9. The van der Waals surface area contributed by atoms with Gasteiger partial charge >= 0.3 is 5.97 Å². The minimum atomic E-state index is -0.865. The lowest BCUT2D eigenvalue weighted by atomic mass is 9.98. The molecule has 1 aromatic heterocycles. The van der Waals surface area contributed by atoms with Gasteiger partial charge in [-0.25, -0.2) is 4.68 Å². The highest BCUT2D eigenvalue weighted by atomic mass is 35.5. The van der Waals surface area contributed by atoms with Crippen LogP contribution in [0.2, 0.25) is 5.02 Å². The number of carboxylic acids is 1. The Labute approximate surface area is 150 Å². The second-order valence-corrected chi connectivity index (χ2v) is 6.49. The Kier molecular flexibility index (Phi) is 5.03. The highest BCUT2D eigenvalue weighted by molar-refractivity contribution is 6.30.